The molecule has 0 bridgehead atoms. The van der Waals surface area contributed by atoms with Gasteiger partial charge in [0.25, 0.3) is 0 Å². The van der Waals surface area contributed by atoms with Gasteiger partial charge in [0.2, 0.25) is 5.78 Å². The summed E-state index contributed by atoms with van der Waals surface area (Å²) in [6, 6.07) is 11.3. The molecule has 33 heavy (non-hydrogen) atoms. The number of ether oxygens (including phenoxy) is 4. The lowest BCUT2D eigenvalue weighted by Crippen LogP contribution is -2.31. The number of ketones is 1. The van der Waals surface area contributed by atoms with E-state index in [1.165, 1.54) is 0 Å². The molecule has 0 spiro atoms. The maximum absolute atomic E-state index is 13.2. The molecule has 0 fully saturated rings. The number of Topliss-reactive ketones (excluding diaryl/α,β-unsaturated/α-hetero) is 1. The van der Waals surface area contributed by atoms with Crippen LogP contribution in [0.1, 0.15) is 32.6 Å². The molecule has 7 nitrogen and oxygen atoms in total. The molecule has 2 aromatic carbocycles. The summed E-state index contributed by atoms with van der Waals surface area (Å²) in [6.45, 7) is 3.68. The first-order valence-electron chi connectivity index (χ1n) is 10.6. The molecule has 0 amide bonds. The second-order valence-electron chi connectivity index (χ2n) is 8.05. The fourth-order valence-electron chi connectivity index (χ4n) is 4.22. The van der Waals surface area contributed by atoms with Crippen molar-refractivity contribution in [2.75, 3.05) is 21.0 Å². The van der Waals surface area contributed by atoms with Gasteiger partial charge in [-0.3, -0.25) is 14.7 Å². The minimum absolute atomic E-state index is 0.135. The first-order chi connectivity index (χ1) is 16.1. The molecular weight excluding hydrogens is 420 g/mol. The van der Waals surface area contributed by atoms with Crippen molar-refractivity contribution < 1.29 is 23.7 Å². The van der Waals surface area contributed by atoms with Crippen LogP contribution >= 0.6 is 0 Å². The standard InChI is InChI=1S/C26H24N2O5/c1-16-9-21-19(14-28(15-32-21)13-18-5-4-8-27-12-18)26-24(16)25(29)23(33-26)11-17-6-7-20(30-2)22(10-17)31-3/h4-12H,13-15H2,1-3H3/b23-11-. The van der Waals surface area contributed by atoms with Gasteiger partial charge in [0, 0.05) is 25.5 Å². The Kier molecular flexibility index (Phi) is 5.48. The molecule has 0 unspecified atom stereocenters. The average molecular weight is 444 g/mol. The van der Waals surface area contributed by atoms with Crippen molar-refractivity contribution in [3.05, 3.63) is 82.4 Å². The van der Waals surface area contributed by atoms with Crippen LogP contribution < -0.4 is 18.9 Å². The number of aryl methyl sites for hydroxylation is 1. The fraction of sp³-hybridized carbons (Fsp3) is 0.231. The lowest BCUT2D eigenvalue weighted by Gasteiger charge is -2.30. The number of nitrogens with zero attached hydrogens (tertiary/aromatic N) is 2. The van der Waals surface area contributed by atoms with Crippen LogP contribution in [0.4, 0.5) is 0 Å². The number of hydrogen-bond donors (Lipinski definition) is 0. The van der Waals surface area contributed by atoms with E-state index in [1.54, 1.807) is 32.6 Å². The molecule has 0 radical (unpaired) electrons. The summed E-state index contributed by atoms with van der Waals surface area (Å²) in [6.07, 6.45) is 5.33. The van der Waals surface area contributed by atoms with E-state index in [0.717, 1.165) is 28.0 Å². The molecule has 3 aromatic rings. The van der Waals surface area contributed by atoms with Gasteiger partial charge in [-0.2, -0.15) is 0 Å². The van der Waals surface area contributed by atoms with Gasteiger partial charge in [-0.25, -0.2) is 0 Å². The summed E-state index contributed by atoms with van der Waals surface area (Å²) in [5.41, 5.74) is 4.19. The summed E-state index contributed by atoms with van der Waals surface area (Å²) in [5.74, 6) is 2.69. The number of methoxy groups -OCH3 is 2. The molecule has 0 atom stereocenters. The summed E-state index contributed by atoms with van der Waals surface area (Å²) >= 11 is 0. The Balaban J connectivity index is 1.46. The first kappa shape index (κ1) is 21.0. The number of fused-ring (bicyclic) bond motifs is 3. The second kappa shape index (κ2) is 8.60. The zero-order valence-corrected chi connectivity index (χ0v) is 18.8. The van der Waals surface area contributed by atoms with E-state index in [-0.39, 0.29) is 11.5 Å². The number of hydrogen-bond acceptors (Lipinski definition) is 7. The minimum Gasteiger partial charge on any atom is -0.493 e. The number of aromatic nitrogens is 1. The topological polar surface area (TPSA) is 70.1 Å². The van der Waals surface area contributed by atoms with Gasteiger partial charge in [-0.05, 0) is 54.0 Å². The van der Waals surface area contributed by atoms with Crippen LogP contribution in [0.25, 0.3) is 6.08 Å². The highest BCUT2D eigenvalue weighted by atomic mass is 16.5. The Morgan fingerprint density at radius 1 is 1.15 bits per heavy atom. The Morgan fingerprint density at radius 3 is 2.76 bits per heavy atom. The summed E-state index contributed by atoms with van der Waals surface area (Å²) in [5, 5.41) is 0. The molecular formula is C26H24N2O5. The van der Waals surface area contributed by atoms with Crippen LogP contribution in [-0.2, 0) is 13.1 Å². The number of rotatable bonds is 5. The normalized spacial score (nSPS) is 16.1. The fourth-order valence-corrected chi connectivity index (χ4v) is 4.22. The van der Waals surface area contributed by atoms with Gasteiger partial charge in [0.05, 0.1) is 25.3 Å². The molecule has 3 heterocycles. The molecule has 2 aliphatic rings. The summed E-state index contributed by atoms with van der Waals surface area (Å²) in [4.78, 5) is 19.6. The highest BCUT2D eigenvalue weighted by Crippen LogP contribution is 2.44. The Morgan fingerprint density at radius 2 is 2.00 bits per heavy atom. The maximum atomic E-state index is 13.2. The Labute approximate surface area is 192 Å². The number of allylic oxidation sites excluding steroid dienone is 1. The quantitative estimate of drug-likeness (QED) is 0.541. The molecule has 0 saturated heterocycles. The largest absolute Gasteiger partial charge is 0.493 e. The highest BCUT2D eigenvalue weighted by molar-refractivity contribution is 6.16. The van der Waals surface area contributed by atoms with E-state index in [9.17, 15) is 4.79 Å². The van der Waals surface area contributed by atoms with Gasteiger partial charge < -0.3 is 18.9 Å². The van der Waals surface area contributed by atoms with E-state index in [0.29, 0.717) is 42.6 Å². The molecule has 1 aromatic heterocycles. The number of benzene rings is 2. The second-order valence-corrected chi connectivity index (χ2v) is 8.05. The zero-order valence-electron chi connectivity index (χ0n) is 18.8. The van der Waals surface area contributed by atoms with Gasteiger partial charge in [0.1, 0.15) is 18.2 Å². The number of carbonyl (C=O) groups is 1. The van der Waals surface area contributed by atoms with Gasteiger partial charge in [-0.1, -0.05) is 12.1 Å². The van der Waals surface area contributed by atoms with Crippen molar-refractivity contribution in [2.24, 2.45) is 0 Å². The van der Waals surface area contributed by atoms with E-state index < -0.39 is 0 Å². The Hall–Kier alpha value is -3.84. The predicted molar refractivity (Wildman–Crippen MR) is 123 cm³/mol. The smallest absolute Gasteiger partial charge is 0.232 e. The lowest BCUT2D eigenvalue weighted by atomic mass is 9.98. The summed E-state index contributed by atoms with van der Waals surface area (Å²) in [7, 11) is 3.16. The minimum atomic E-state index is -0.135. The SMILES string of the molecule is COc1ccc(/C=C2\Oc3c4c(cc(C)c3C2=O)OCN(Cc2cccnc2)C4)cc1OC. The van der Waals surface area contributed by atoms with Crippen LogP contribution in [0, 0.1) is 6.92 Å². The third-order valence-electron chi connectivity index (χ3n) is 5.82. The van der Waals surface area contributed by atoms with Crippen molar-refractivity contribution in [1.29, 1.82) is 0 Å². The molecule has 7 heteroatoms. The van der Waals surface area contributed by atoms with Crippen LogP contribution in [0.5, 0.6) is 23.0 Å². The highest BCUT2D eigenvalue weighted by Gasteiger charge is 2.35. The predicted octanol–water partition coefficient (Wildman–Crippen LogP) is 4.38. The van der Waals surface area contributed by atoms with Crippen LogP contribution in [0.2, 0.25) is 0 Å². The molecule has 0 saturated carbocycles. The first-order valence-corrected chi connectivity index (χ1v) is 10.6. The molecule has 5 rings (SSSR count). The van der Waals surface area contributed by atoms with Crippen molar-refractivity contribution in [2.45, 2.75) is 20.0 Å². The molecule has 168 valence electrons. The monoisotopic (exact) mass is 444 g/mol. The van der Waals surface area contributed by atoms with Crippen LogP contribution in [0.15, 0.2) is 54.6 Å². The Bertz CT molecular complexity index is 1250. The number of carbonyl (C=O) groups excluding carboxylic acids is 1. The van der Waals surface area contributed by atoms with E-state index in [2.05, 4.69) is 9.88 Å². The zero-order chi connectivity index (χ0) is 22.9. The van der Waals surface area contributed by atoms with Crippen molar-refractivity contribution in [3.8, 4) is 23.0 Å². The van der Waals surface area contributed by atoms with Crippen molar-refractivity contribution in [3.63, 3.8) is 0 Å². The van der Waals surface area contributed by atoms with Crippen molar-refractivity contribution in [1.82, 2.24) is 9.88 Å². The third kappa shape index (κ3) is 3.91. The van der Waals surface area contributed by atoms with E-state index >= 15 is 0 Å². The van der Waals surface area contributed by atoms with Crippen molar-refractivity contribution >= 4 is 11.9 Å². The van der Waals surface area contributed by atoms with Gasteiger partial charge in [-0.15, -0.1) is 0 Å². The van der Waals surface area contributed by atoms with E-state index in [4.69, 9.17) is 18.9 Å². The van der Waals surface area contributed by atoms with Crippen LogP contribution in [-0.4, -0.2) is 36.6 Å². The number of pyridine rings is 1. The summed E-state index contributed by atoms with van der Waals surface area (Å²) < 4.78 is 22.8. The van der Waals surface area contributed by atoms with Gasteiger partial charge in [0.15, 0.2) is 17.3 Å². The van der Waals surface area contributed by atoms with Gasteiger partial charge >= 0.3 is 0 Å². The maximum Gasteiger partial charge on any atom is 0.232 e. The molecule has 0 aliphatic carbocycles. The molecule has 0 N–H and O–H groups in total. The van der Waals surface area contributed by atoms with E-state index in [1.807, 2.05) is 43.5 Å². The third-order valence-corrected chi connectivity index (χ3v) is 5.82. The average Bonchev–Trinajstić information content (AvgIpc) is 3.16. The lowest BCUT2D eigenvalue weighted by molar-refractivity contribution is 0.0871. The molecule has 2 aliphatic heterocycles. The van der Waals surface area contributed by atoms with Crippen LogP contribution in [0.3, 0.4) is 0 Å².